The lowest BCUT2D eigenvalue weighted by Gasteiger charge is -2.12. The van der Waals surface area contributed by atoms with Gasteiger partial charge in [-0.05, 0) is 49.6 Å². The smallest absolute Gasteiger partial charge is 0.138 e. The molecule has 0 saturated carbocycles. The third-order valence-electron chi connectivity index (χ3n) is 3.91. The second-order valence-corrected chi connectivity index (χ2v) is 6.06. The molecule has 0 saturated heterocycles. The van der Waals surface area contributed by atoms with Gasteiger partial charge in [0.15, 0.2) is 0 Å². The fraction of sp³-hybridized carbons (Fsp3) is 0.238. The molecule has 4 heteroatoms. The van der Waals surface area contributed by atoms with Crippen molar-refractivity contribution >= 4 is 17.8 Å². The van der Waals surface area contributed by atoms with Crippen LogP contribution in [0.2, 0.25) is 0 Å². The molecular weight excluding hydrogens is 314 g/mol. The monoisotopic (exact) mass is 339 g/mol. The summed E-state index contributed by atoms with van der Waals surface area (Å²) in [5.74, 6) is 1.04. The van der Waals surface area contributed by atoms with Crippen molar-refractivity contribution in [1.29, 1.82) is 0 Å². The minimum atomic E-state index is 0.166. The van der Waals surface area contributed by atoms with Crippen LogP contribution in [0.4, 0.5) is 5.69 Å². The van der Waals surface area contributed by atoms with Crippen LogP contribution in [0, 0.1) is 0 Å². The van der Waals surface area contributed by atoms with Gasteiger partial charge in [0, 0.05) is 18.7 Å². The second-order valence-electron chi connectivity index (χ2n) is 6.06. The summed E-state index contributed by atoms with van der Waals surface area (Å²) in [4.78, 5) is 0. The van der Waals surface area contributed by atoms with E-state index in [0.717, 1.165) is 23.1 Å². The predicted octanol–water partition coefficient (Wildman–Crippen LogP) is 4.83. The highest BCUT2D eigenvalue weighted by Crippen LogP contribution is 2.31. The number of allylic oxidation sites excluding steroid dienone is 2. The van der Waals surface area contributed by atoms with Crippen molar-refractivity contribution in [3.8, 4) is 17.2 Å². The van der Waals surface area contributed by atoms with Gasteiger partial charge in [0.05, 0.1) is 12.8 Å². The SMILES string of the molecule is CNc1cc(/C=C/c2cc(O)cc(OC)c2CC=C(C)C)ccc1O. The first-order valence-corrected chi connectivity index (χ1v) is 8.16. The highest BCUT2D eigenvalue weighted by Gasteiger charge is 2.09. The van der Waals surface area contributed by atoms with E-state index in [9.17, 15) is 10.2 Å². The highest BCUT2D eigenvalue weighted by molar-refractivity contribution is 5.75. The quantitative estimate of drug-likeness (QED) is 0.401. The van der Waals surface area contributed by atoms with E-state index in [1.54, 1.807) is 32.4 Å². The Morgan fingerprint density at radius 2 is 1.88 bits per heavy atom. The third-order valence-corrected chi connectivity index (χ3v) is 3.91. The lowest BCUT2D eigenvalue weighted by atomic mass is 10.00. The Balaban J connectivity index is 2.43. The molecular formula is C21H25NO3. The topological polar surface area (TPSA) is 61.7 Å². The van der Waals surface area contributed by atoms with Gasteiger partial charge < -0.3 is 20.3 Å². The van der Waals surface area contributed by atoms with Gasteiger partial charge in [-0.2, -0.15) is 0 Å². The molecule has 0 atom stereocenters. The molecule has 2 rings (SSSR count). The van der Waals surface area contributed by atoms with E-state index in [2.05, 4.69) is 25.2 Å². The Kier molecular flexibility index (Phi) is 6.12. The first-order chi connectivity index (χ1) is 11.9. The van der Waals surface area contributed by atoms with Gasteiger partial charge in [-0.3, -0.25) is 0 Å². The van der Waals surface area contributed by atoms with Crippen LogP contribution in [0.25, 0.3) is 12.2 Å². The highest BCUT2D eigenvalue weighted by atomic mass is 16.5. The van der Waals surface area contributed by atoms with Gasteiger partial charge in [-0.15, -0.1) is 0 Å². The number of phenols is 2. The zero-order chi connectivity index (χ0) is 18.4. The summed E-state index contributed by atoms with van der Waals surface area (Å²) in [5.41, 5.74) is 4.75. The Morgan fingerprint density at radius 3 is 2.52 bits per heavy atom. The lowest BCUT2D eigenvalue weighted by molar-refractivity contribution is 0.403. The molecule has 25 heavy (non-hydrogen) atoms. The van der Waals surface area contributed by atoms with E-state index in [4.69, 9.17) is 4.74 Å². The second kappa shape index (κ2) is 8.29. The van der Waals surface area contributed by atoms with Gasteiger partial charge in [0.2, 0.25) is 0 Å². The summed E-state index contributed by atoms with van der Waals surface area (Å²) in [6.45, 7) is 4.11. The van der Waals surface area contributed by atoms with Crippen molar-refractivity contribution in [2.75, 3.05) is 19.5 Å². The molecule has 0 spiro atoms. The van der Waals surface area contributed by atoms with Crippen molar-refractivity contribution in [2.24, 2.45) is 0 Å². The van der Waals surface area contributed by atoms with Crippen molar-refractivity contribution < 1.29 is 14.9 Å². The van der Waals surface area contributed by atoms with E-state index in [1.807, 2.05) is 24.3 Å². The molecule has 0 aromatic heterocycles. The van der Waals surface area contributed by atoms with Crippen LogP contribution in [-0.2, 0) is 6.42 Å². The maximum atomic E-state index is 9.97. The standard InChI is InChI=1S/C21H25NO3/c1-14(2)5-9-18-16(12-17(23)13-21(18)25-4)8-6-15-7-10-20(24)19(11-15)22-3/h5-8,10-13,22-24H,9H2,1-4H3/b8-6+. The number of hydrogen-bond acceptors (Lipinski definition) is 4. The van der Waals surface area contributed by atoms with Gasteiger partial charge in [0.1, 0.15) is 17.2 Å². The number of benzene rings is 2. The van der Waals surface area contributed by atoms with Crippen molar-refractivity contribution in [2.45, 2.75) is 20.3 Å². The maximum Gasteiger partial charge on any atom is 0.138 e. The largest absolute Gasteiger partial charge is 0.508 e. The number of anilines is 1. The summed E-state index contributed by atoms with van der Waals surface area (Å²) in [6.07, 6.45) is 6.75. The summed E-state index contributed by atoms with van der Waals surface area (Å²) in [6, 6.07) is 8.71. The van der Waals surface area contributed by atoms with E-state index < -0.39 is 0 Å². The van der Waals surface area contributed by atoms with Crippen molar-refractivity contribution in [3.63, 3.8) is 0 Å². The van der Waals surface area contributed by atoms with Crippen LogP contribution >= 0.6 is 0 Å². The molecule has 0 unspecified atom stereocenters. The molecule has 0 radical (unpaired) electrons. The Labute approximate surface area is 149 Å². The predicted molar refractivity (Wildman–Crippen MR) is 104 cm³/mol. The molecule has 132 valence electrons. The first kappa shape index (κ1) is 18.5. The van der Waals surface area contributed by atoms with Crippen LogP contribution in [0.15, 0.2) is 42.0 Å². The molecule has 0 heterocycles. The Morgan fingerprint density at radius 1 is 1.12 bits per heavy atom. The Bertz CT molecular complexity index is 803. The molecule has 0 aliphatic rings. The molecule has 0 amide bonds. The number of methoxy groups -OCH3 is 1. The third kappa shape index (κ3) is 4.80. The molecule has 0 aliphatic carbocycles. The van der Waals surface area contributed by atoms with E-state index >= 15 is 0 Å². The summed E-state index contributed by atoms with van der Waals surface area (Å²) in [5, 5.41) is 22.7. The maximum absolute atomic E-state index is 9.97. The van der Waals surface area contributed by atoms with Crippen molar-refractivity contribution in [3.05, 3.63) is 58.7 Å². The number of aromatic hydroxyl groups is 2. The first-order valence-electron chi connectivity index (χ1n) is 8.16. The van der Waals surface area contributed by atoms with Crippen LogP contribution in [-0.4, -0.2) is 24.4 Å². The average molecular weight is 339 g/mol. The molecule has 2 aromatic rings. The number of phenolic OH excluding ortho intramolecular Hbond substituents is 2. The average Bonchev–Trinajstić information content (AvgIpc) is 2.59. The van der Waals surface area contributed by atoms with Gasteiger partial charge >= 0.3 is 0 Å². The number of rotatable bonds is 6. The van der Waals surface area contributed by atoms with Crippen molar-refractivity contribution in [1.82, 2.24) is 0 Å². The van der Waals surface area contributed by atoms with Gasteiger partial charge in [-0.25, -0.2) is 0 Å². The fourth-order valence-corrected chi connectivity index (χ4v) is 2.55. The van der Waals surface area contributed by atoms with E-state index in [0.29, 0.717) is 11.4 Å². The summed E-state index contributed by atoms with van der Waals surface area (Å²) in [7, 11) is 3.37. The molecule has 0 aliphatic heterocycles. The number of ether oxygens (including phenoxy) is 1. The normalized spacial score (nSPS) is 10.7. The van der Waals surface area contributed by atoms with Crippen LogP contribution in [0.1, 0.15) is 30.5 Å². The zero-order valence-electron chi connectivity index (χ0n) is 15.1. The Hall–Kier alpha value is -2.88. The number of nitrogens with one attached hydrogen (secondary N) is 1. The lowest BCUT2D eigenvalue weighted by Crippen LogP contribution is -1.95. The summed E-state index contributed by atoms with van der Waals surface area (Å²) >= 11 is 0. The molecule has 3 N–H and O–H groups in total. The zero-order valence-corrected chi connectivity index (χ0v) is 15.1. The summed E-state index contributed by atoms with van der Waals surface area (Å²) < 4.78 is 5.44. The van der Waals surface area contributed by atoms with Gasteiger partial charge in [-0.1, -0.05) is 29.9 Å². The molecule has 2 aromatic carbocycles. The number of hydrogen-bond donors (Lipinski definition) is 3. The van der Waals surface area contributed by atoms with E-state index in [1.165, 1.54) is 5.57 Å². The van der Waals surface area contributed by atoms with Gasteiger partial charge in [0.25, 0.3) is 0 Å². The minimum absolute atomic E-state index is 0.166. The van der Waals surface area contributed by atoms with Crippen LogP contribution in [0.3, 0.4) is 0 Å². The molecule has 4 nitrogen and oxygen atoms in total. The fourth-order valence-electron chi connectivity index (χ4n) is 2.55. The van der Waals surface area contributed by atoms with Crippen LogP contribution < -0.4 is 10.1 Å². The van der Waals surface area contributed by atoms with E-state index in [-0.39, 0.29) is 11.5 Å². The van der Waals surface area contributed by atoms with Crippen LogP contribution in [0.5, 0.6) is 17.2 Å². The molecule has 0 fully saturated rings. The minimum Gasteiger partial charge on any atom is -0.508 e. The molecule has 0 bridgehead atoms.